The fourth-order valence-electron chi connectivity index (χ4n) is 1.16. The van der Waals surface area contributed by atoms with Crippen LogP contribution in [0.5, 0.6) is 0 Å². The van der Waals surface area contributed by atoms with E-state index in [1.165, 1.54) is 0 Å². The summed E-state index contributed by atoms with van der Waals surface area (Å²) in [5, 5.41) is -5.55. The summed E-state index contributed by atoms with van der Waals surface area (Å²) in [6.07, 6.45) is -2.11. The molecule has 0 amide bonds. The first kappa shape index (κ1) is 20.1. The minimum Gasteiger partial charge on any atom is -0.465 e. The molecule has 21 heavy (non-hydrogen) atoms. The number of carbonyl (C=O) groups excluding carboxylic acids is 1. The number of unbranched alkanes of at least 4 members (excludes halogenated alkanes) is 1. The van der Waals surface area contributed by atoms with Crippen molar-refractivity contribution < 1.29 is 40.1 Å². The molecule has 0 aliphatic heterocycles. The Morgan fingerprint density at radius 2 is 1.57 bits per heavy atom. The van der Waals surface area contributed by atoms with Crippen LogP contribution in [0.3, 0.4) is 0 Å². The summed E-state index contributed by atoms with van der Waals surface area (Å²) >= 11 is 0. The smallest absolute Gasteiger partial charge is 0.431 e. The molecule has 0 aromatic rings. The Bertz CT molecular complexity index is 467. The molecule has 0 rings (SSSR count). The van der Waals surface area contributed by atoms with Gasteiger partial charge in [-0.25, -0.2) is 0 Å². The quantitative estimate of drug-likeness (QED) is 0.334. The predicted molar refractivity (Wildman–Crippen MR) is 65.7 cm³/mol. The molecule has 0 aromatic carbocycles. The van der Waals surface area contributed by atoms with Crippen LogP contribution in [0.15, 0.2) is 0 Å². The van der Waals surface area contributed by atoms with Crippen LogP contribution in [0.25, 0.3) is 0 Å². The summed E-state index contributed by atoms with van der Waals surface area (Å²) in [6.45, 7) is 4.49. The van der Waals surface area contributed by atoms with Gasteiger partial charge < -0.3 is 4.74 Å². The van der Waals surface area contributed by atoms with Gasteiger partial charge in [-0.2, -0.15) is 26.0 Å². The molecule has 0 bridgehead atoms. The molecule has 0 saturated carbocycles. The van der Waals surface area contributed by atoms with E-state index in [1.54, 1.807) is 20.8 Å². The fourth-order valence-corrected chi connectivity index (χ4v) is 1.64. The van der Waals surface area contributed by atoms with Crippen LogP contribution >= 0.6 is 0 Å². The lowest BCUT2D eigenvalue weighted by Crippen LogP contribution is -2.46. The second-order valence-corrected chi connectivity index (χ2v) is 7.00. The van der Waals surface area contributed by atoms with Crippen LogP contribution in [-0.4, -0.2) is 36.7 Å². The molecule has 0 aliphatic carbocycles. The average molecular weight is 338 g/mol. The van der Waals surface area contributed by atoms with Crippen LogP contribution in [0.4, 0.5) is 17.6 Å². The molecular formula is C11H18F4O5S. The predicted octanol–water partition coefficient (Wildman–Crippen LogP) is 2.86. The van der Waals surface area contributed by atoms with Gasteiger partial charge in [0.05, 0.1) is 12.0 Å². The molecule has 0 aliphatic rings. The molecule has 126 valence electrons. The molecule has 0 unspecified atom stereocenters. The molecule has 0 saturated heterocycles. The lowest BCUT2D eigenvalue weighted by molar-refractivity contribution is -0.165. The summed E-state index contributed by atoms with van der Waals surface area (Å²) in [5.74, 6) is -5.48. The highest BCUT2D eigenvalue weighted by molar-refractivity contribution is 7.87. The fraction of sp³-hybridized carbons (Fsp3) is 0.909. The molecule has 0 atom stereocenters. The van der Waals surface area contributed by atoms with Gasteiger partial charge in [-0.3, -0.25) is 9.35 Å². The molecular weight excluding hydrogens is 320 g/mol. The second kappa shape index (κ2) is 6.47. The first-order chi connectivity index (χ1) is 9.13. The summed E-state index contributed by atoms with van der Waals surface area (Å²) in [6, 6.07) is 0. The second-order valence-electron chi connectivity index (χ2n) is 5.54. The van der Waals surface area contributed by atoms with E-state index >= 15 is 0 Å². The monoisotopic (exact) mass is 338 g/mol. The van der Waals surface area contributed by atoms with E-state index in [0.29, 0.717) is 0 Å². The minimum absolute atomic E-state index is 0.140. The standard InChI is InChI=1S/C11H18F4O5S/c1-9(2,3)8(16)20-7-5-4-6-10(12,13)11(14,15)21(17,18)19/h4-7H2,1-3H3,(H,17,18,19). The maximum absolute atomic E-state index is 13.1. The topological polar surface area (TPSA) is 80.7 Å². The van der Waals surface area contributed by atoms with Crippen molar-refractivity contribution in [1.82, 2.24) is 0 Å². The van der Waals surface area contributed by atoms with Gasteiger partial charge in [-0.1, -0.05) is 0 Å². The molecule has 1 N–H and O–H groups in total. The first-order valence-electron chi connectivity index (χ1n) is 6.03. The van der Waals surface area contributed by atoms with E-state index < -0.39 is 45.5 Å². The third-order valence-electron chi connectivity index (χ3n) is 2.48. The highest BCUT2D eigenvalue weighted by atomic mass is 32.2. The maximum atomic E-state index is 13.1. The van der Waals surface area contributed by atoms with Gasteiger partial charge in [0.25, 0.3) is 0 Å². The number of halogens is 4. The van der Waals surface area contributed by atoms with E-state index in [-0.39, 0.29) is 13.0 Å². The molecule has 0 radical (unpaired) electrons. The van der Waals surface area contributed by atoms with Crippen LogP contribution < -0.4 is 0 Å². The average Bonchev–Trinajstić information content (AvgIpc) is 2.24. The van der Waals surface area contributed by atoms with Crippen LogP contribution in [-0.2, 0) is 19.6 Å². The Labute approximate surface area is 120 Å². The van der Waals surface area contributed by atoms with Crippen LogP contribution in [0.2, 0.25) is 0 Å². The van der Waals surface area contributed by atoms with Gasteiger partial charge in [-0.15, -0.1) is 0 Å². The summed E-state index contributed by atoms with van der Waals surface area (Å²) < 4.78 is 85.2. The van der Waals surface area contributed by atoms with Crippen molar-refractivity contribution >= 4 is 16.1 Å². The maximum Gasteiger partial charge on any atom is 0.431 e. The van der Waals surface area contributed by atoms with Gasteiger partial charge in [-0.05, 0) is 33.6 Å². The van der Waals surface area contributed by atoms with Crippen molar-refractivity contribution in [3.8, 4) is 0 Å². The van der Waals surface area contributed by atoms with E-state index in [1.807, 2.05) is 0 Å². The van der Waals surface area contributed by atoms with E-state index in [9.17, 15) is 30.8 Å². The van der Waals surface area contributed by atoms with E-state index in [2.05, 4.69) is 0 Å². The highest BCUT2D eigenvalue weighted by Crippen LogP contribution is 2.41. The van der Waals surface area contributed by atoms with Gasteiger partial charge >= 0.3 is 27.3 Å². The van der Waals surface area contributed by atoms with Crippen molar-refractivity contribution in [1.29, 1.82) is 0 Å². The molecule has 5 nitrogen and oxygen atoms in total. The summed E-state index contributed by atoms with van der Waals surface area (Å²) in [4.78, 5) is 11.3. The third kappa shape index (κ3) is 5.42. The van der Waals surface area contributed by atoms with Crippen molar-refractivity contribution in [2.75, 3.05) is 6.61 Å². The Morgan fingerprint density at radius 1 is 1.10 bits per heavy atom. The zero-order valence-corrected chi connectivity index (χ0v) is 12.6. The van der Waals surface area contributed by atoms with Gasteiger partial charge in [0.2, 0.25) is 0 Å². The molecule has 10 heteroatoms. The first-order valence-corrected chi connectivity index (χ1v) is 7.47. The lowest BCUT2D eigenvalue weighted by atomic mass is 9.97. The van der Waals surface area contributed by atoms with Crippen LogP contribution in [0.1, 0.15) is 40.0 Å². The SMILES string of the molecule is CC(C)(C)C(=O)OCCCCC(F)(F)C(F)(F)S(=O)(=O)O. The number of carbonyl (C=O) groups is 1. The number of rotatable bonds is 7. The normalized spacial score (nSPS) is 14.1. The van der Waals surface area contributed by atoms with Gasteiger partial charge in [0.15, 0.2) is 0 Å². The number of ether oxygens (including phenoxy) is 1. The lowest BCUT2D eigenvalue weighted by Gasteiger charge is -2.23. The van der Waals surface area contributed by atoms with Crippen LogP contribution in [0, 0.1) is 5.41 Å². The van der Waals surface area contributed by atoms with Crippen molar-refractivity contribution in [2.24, 2.45) is 5.41 Å². The summed E-state index contributed by atoms with van der Waals surface area (Å²) in [5.41, 5.74) is -0.776. The zero-order valence-electron chi connectivity index (χ0n) is 11.8. The Kier molecular flexibility index (Phi) is 6.19. The van der Waals surface area contributed by atoms with Gasteiger partial charge in [0.1, 0.15) is 0 Å². The largest absolute Gasteiger partial charge is 0.465 e. The number of hydrogen-bond donors (Lipinski definition) is 1. The third-order valence-corrected chi connectivity index (χ3v) is 3.43. The number of alkyl halides is 4. The molecule has 0 spiro atoms. The van der Waals surface area contributed by atoms with Crippen molar-refractivity contribution in [2.45, 2.75) is 51.2 Å². The minimum atomic E-state index is -6.20. The van der Waals surface area contributed by atoms with Gasteiger partial charge in [0, 0.05) is 6.42 Å². The molecule has 0 fully saturated rings. The highest BCUT2D eigenvalue weighted by Gasteiger charge is 2.64. The van der Waals surface area contributed by atoms with E-state index in [0.717, 1.165) is 0 Å². The summed E-state index contributed by atoms with van der Waals surface area (Å²) in [7, 11) is -6.20. The zero-order chi connectivity index (χ0) is 17.1. The Balaban J connectivity index is 4.34. The van der Waals surface area contributed by atoms with Crippen molar-refractivity contribution in [3.63, 3.8) is 0 Å². The van der Waals surface area contributed by atoms with Crippen molar-refractivity contribution in [3.05, 3.63) is 0 Å². The Hall–Kier alpha value is -0.900. The Morgan fingerprint density at radius 3 is 1.95 bits per heavy atom. The number of esters is 1. The molecule has 0 aromatic heterocycles. The number of hydrogen-bond acceptors (Lipinski definition) is 4. The van der Waals surface area contributed by atoms with E-state index in [4.69, 9.17) is 9.29 Å². The molecule has 0 heterocycles.